The van der Waals surface area contributed by atoms with Gasteiger partial charge in [-0.15, -0.1) is 0 Å². The Kier molecular flexibility index (Phi) is 3.86. The molecule has 0 aliphatic carbocycles. The van der Waals surface area contributed by atoms with Crippen molar-refractivity contribution in [3.05, 3.63) is 57.6 Å². The molecule has 0 saturated carbocycles. The maximum Gasteiger partial charge on any atom is 0.273 e. The van der Waals surface area contributed by atoms with E-state index in [1.165, 1.54) is 12.1 Å². The van der Waals surface area contributed by atoms with Gasteiger partial charge in [-0.2, -0.15) is 0 Å². The van der Waals surface area contributed by atoms with E-state index in [2.05, 4.69) is 10.7 Å². The zero-order valence-electron chi connectivity index (χ0n) is 11.3. The Bertz CT molecular complexity index is 656. The Morgan fingerprint density at radius 2 is 1.80 bits per heavy atom. The molecule has 0 heterocycles. The third-order valence-electron chi connectivity index (χ3n) is 2.97. The standard InChI is InChI=1S/C14H16N4O2/c1-9-3-4-10(2)14(5-9)16-11-6-12(17-15)8-13(7-11)18(19)20/h3-8,16-17H,15H2,1-2H3. The summed E-state index contributed by atoms with van der Waals surface area (Å²) >= 11 is 0. The molecule has 0 fully saturated rings. The monoisotopic (exact) mass is 272 g/mol. The normalized spacial score (nSPS) is 10.2. The van der Waals surface area contributed by atoms with E-state index in [-0.39, 0.29) is 5.69 Å². The van der Waals surface area contributed by atoms with Crippen LogP contribution in [0.1, 0.15) is 11.1 Å². The van der Waals surface area contributed by atoms with Gasteiger partial charge in [0.05, 0.1) is 10.6 Å². The Morgan fingerprint density at radius 1 is 1.10 bits per heavy atom. The molecule has 0 aromatic heterocycles. The highest BCUT2D eigenvalue weighted by Gasteiger charge is 2.10. The minimum absolute atomic E-state index is 0.0201. The highest BCUT2D eigenvalue weighted by molar-refractivity contribution is 5.70. The van der Waals surface area contributed by atoms with E-state index < -0.39 is 4.92 Å². The molecule has 0 amide bonds. The zero-order chi connectivity index (χ0) is 14.7. The van der Waals surface area contributed by atoms with E-state index in [4.69, 9.17) is 5.84 Å². The quantitative estimate of drug-likeness (QED) is 0.451. The average Bonchev–Trinajstić information content (AvgIpc) is 2.42. The lowest BCUT2D eigenvalue weighted by molar-refractivity contribution is -0.384. The number of nitrogens with zero attached hydrogens (tertiary/aromatic N) is 1. The van der Waals surface area contributed by atoms with Crippen LogP contribution >= 0.6 is 0 Å². The van der Waals surface area contributed by atoms with Crippen molar-refractivity contribution >= 4 is 22.7 Å². The molecule has 0 bridgehead atoms. The number of nitrogen functional groups attached to an aromatic ring is 1. The smallest absolute Gasteiger partial charge is 0.273 e. The highest BCUT2D eigenvalue weighted by Crippen LogP contribution is 2.28. The molecule has 2 rings (SSSR count). The van der Waals surface area contributed by atoms with Gasteiger partial charge in [0.1, 0.15) is 0 Å². The van der Waals surface area contributed by atoms with Crippen molar-refractivity contribution in [1.29, 1.82) is 0 Å². The van der Waals surface area contributed by atoms with Crippen LogP contribution in [0.4, 0.5) is 22.7 Å². The molecule has 20 heavy (non-hydrogen) atoms. The number of hydrogen-bond acceptors (Lipinski definition) is 5. The van der Waals surface area contributed by atoms with E-state index in [1.54, 1.807) is 6.07 Å². The van der Waals surface area contributed by atoms with Gasteiger partial charge in [0, 0.05) is 23.5 Å². The van der Waals surface area contributed by atoms with E-state index in [0.29, 0.717) is 11.4 Å². The fourth-order valence-electron chi connectivity index (χ4n) is 1.90. The van der Waals surface area contributed by atoms with Gasteiger partial charge < -0.3 is 10.7 Å². The number of aryl methyl sites for hydroxylation is 2. The number of hydrogen-bond donors (Lipinski definition) is 3. The number of hydrazine groups is 1. The molecule has 6 nitrogen and oxygen atoms in total. The van der Waals surface area contributed by atoms with Crippen LogP contribution in [0.3, 0.4) is 0 Å². The van der Waals surface area contributed by atoms with Gasteiger partial charge in [-0.25, -0.2) is 0 Å². The summed E-state index contributed by atoms with van der Waals surface area (Å²) in [5.74, 6) is 5.33. The van der Waals surface area contributed by atoms with Crippen LogP contribution in [0.2, 0.25) is 0 Å². The summed E-state index contributed by atoms with van der Waals surface area (Å²) in [6.07, 6.45) is 0. The molecule has 0 aliphatic rings. The molecule has 0 saturated heterocycles. The van der Waals surface area contributed by atoms with Crippen LogP contribution in [-0.2, 0) is 0 Å². The van der Waals surface area contributed by atoms with Gasteiger partial charge in [0.2, 0.25) is 0 Å². The van der Waals surface area contributed by atoms with Crippen LogP contribution < -0.4 is 16.6 Å². The number of rotatable bonds is 4. The molecule has 0 radical (unpaired) electrons. The number of non-ortho nitro benzene ring substituents is 1. The van der Waals surface area contributed by atoms with Crippen LogP contribution in [0, 0.1) is 24.0 Å². The first kappa shape index (κ1) is 13.8. The number of benzene rings is 2. The fourth-order valence-corrected chi connectivity index (χ4v) is 1.90. The van der Waals surface area contributed by atoms with Crippen LogP contribution in [0.5, 0.6) is 0 Å². The summed E-state index contributed by atoms with van der Waals surface area (Å²) in [5.41, 5.74) is 6.58. The number of nitro groups is 1. The Balaban J connectivity index is 2.39. The Labute approximate surface area is 116 Å². The van der Waals surface area contributed by atoms with Crippen LogP contribution in [-0.4, -0.2) is 4.92 Å². The zero-order valence-corrected chi connectivity index (χ0v) is 11.3. The third kappa shape index (κ3) is 3.04. The summed E-state index contributed by atoms with van der Waals surface area (Å²) in [6, 6.07) is 10.6. The summed E-state index contributed by atoms with van der Waals surface area (Å²) in [4.78, 5) is 10.5. The van der Waals surface area contributed by atoms with Gasteiger partial charge in [-0.3, -0.25) is 16.0 Å². The van der Waals surface area contributed by atoms with Gasteiger partial charge in [-0.1, -0.05) is 12.1 Å². The SMILES string of the molecule is Cc1ccc(C)c(Nc2cc(NN)cc([N+](=O)[O-])c2)c1. The molecule has 2 aromatic rings. The topological polar surface area (TPSA) is 93.2 Å². The number of nitro benzene ring substituents is 1. The Morgan fingerprint density at radius 3 is 2.45 bits per heavy atom. The van der Waals surface area contributed by atoms with Crippen molar-refractivity contribution in [2.75, 3.05) is 10.7 Å². The predicted molar refractivity (Wildman–Crippen MR) is 80.1 cm³/mol. The predicted octanol–water partition coefficient (Wildman–Crippen LogP) is 3.24. The van der Waals surface area contributed by atoms with Crippen LogP contribution in [0.15, 0.2) is 36.4 Å². The van der Waals surface area contributed by atoms with Crippen molar-refractivity contribution in [3.63, 3.8) is 0 Å². The summed E-state index contributed by atoms with van der Waals surface area (Å²) in [6.45, 7) is 3.96. The minimum atomic E-state index is -0.449. The second-order valence-electron chi connectivity index (χ2n) is 4.61. The highest BCUT2D eigenvalue weighted by atomic mass is 16.6. The summed E-state index contributed by atoms with van der Waals surface area (Å²) in [5, 5.41) is 14.1. The van der Waals surface area contributed by atoms with E-state index in [9.17, 15) is 10.1 Å². The molecule has 6 heteroatoms. The van der Waals surface area contributed by atoms with Gasteiger partial charge in [-0.05, 0) is 37.1 Å². The van der Waals surface area contributed by atoms with E-state index in [0.717, 1.165) is 16.8 Å². The molecule has 0 atom stereocenters. The van der Waals surface area contributed by atoms with Crippen molar-refractivity contribution in [2.24, 2.45) is 5.84 Å². The van der Waals surface area contributed by atoms with E-state index in [1.807, 2.05) is 32.0 Å². The van der Waals surface area contributed by atoms with Gasteiger partial charge in [0.25, 0.3) is 5.69 Å². The average molecular weight is 272 g/mol. The molecule has 0 unspecified atom stereocenters. The third-order valence-corrected chi connectivity index (χ3v) is 2.97. The van der Waals surface area contributed by atoms with Crippen molar-refractivity contribution < 1.29 is 4.92 Å². The first-order valence-electron chi connectivity index (χ1n) is 6.10. The molecule has 4 N–H and O–H groups in total. The van der Waals surface area contributed by atoms with Crippen molar-refractivity contribution in [2.45, 2.75) is 13.8 Å². The molecular weight excluding hydrogens is 256 g/mol. The molecule has 2 aromatic carbocycles. The fraction of sp³-hybridized carbons (Fsp3) is 0.143. The van der Waals surface area contributed by atoms with Gasteiger partial charge >= 0.3 is 0 Å². The molecule has 0 aliphatic heterocycles. The lowest BCUT2D eigenvalue weighted by atomic mass is 10.1. The summed E-state index contributed by atoms with van der Waals surface area (Å²) in [7, 11) is 0. The van der Waals surface area contributed by atoms with Crippen molar-refractivity contribution in [3.8, 4) is 0 Å². The van der Waals surface area contributed by atoms with Crippen molar-refractivity contribution in [1.82, 2.24) is 0 Å². The Hall–Kier alpha value is -2.60. The number of nitrogens with two attached hydrogens (primary N) is 1. The second kappa shape index (κ2) is 5.58. The first-order chi connectivity index (χ1) is 9.49. The van der Waals surface area contributed by atoms with Crippen LogP contribution in [0.25, 0.3) is 0 Å². The summed E-state index contributed by atoms with van der Waals surface area (Å²) < 4.78 is 0. The second-order valence-corrected chi connectivity index (χ2v) is 4.61. The minimum Gasteiger partial charge on any atom is -0.355 e. The maximum absolute atomic E-state index is 10.9. The van der Waals surface area contributed by atoms with Gasteiger partial charge in [0.15, 0.2) is 0 Å². The first-order valence-corrected chi connectivity index (χ1v) is 6.10. The maximum atomic E-state index is 10.9. The largest absolute Gasteiger partial charge is 0.355 e. The number of nitrogens with one attached hydrogen (secondary N) is 2. The molecule has 0 spiro atoms. The lowest BCUT2D eigenvalue weighted by Gasteiger charge is -2.11. The molecular formula is C14H16N4O2. The molecule has 104 valence electrons. The number of anilines is 3. The van der Waals surface area contributed by atoms with E-state index >= 15 is 0 Å². The lowest BCUT2D eigenvalue weighted by Crippen LogP contribution is -2.07.